The van der Waals surface area contributed by atoms with E-state index in [-0.39, 0.29) is 24.9 Å². The third kappa shape index (κ3) is 2.73. The van der Waals surface area contributed by atoms with E-state index >= 15 is 0 Å². The summed E-state index contributed by atoms with van der Waals surface area (Å²) in [5.41, 5.74) is 2.21. The first kappa shape index (κ1) is 19.0. The van der Waals surface area contributed by atoms with Crippen LogP contribution in [0.15, 0.2) is 22.8 Å². The second-order valence-corrected chi connectivity index (χ2v) is 8.54. The van der Waals surface area contributed by atoms with Crippen molar-refractivity contribution in [2.75, 3.05) is 6.61 Å². The molecule has 0 saturated heterocycles. The highest BCUT2D eigenvalue weighted by molar-refractivity contribution is 5.93. The number of aliphatic carboxylic acids is 1. The number of carboxylic acid groups (broad SMARTS) is 1. The number of rotatable bonds is 6. The van der Waals surface area contributed by atoms with E-state index in [0.29, 0.717) is 6.61 Å². The predicted octanol–water partition coefficient (Wildman–Crippen LogP) is 3.24. The number of fused-ring (bicyclic) bond motifs is 2. The third-order valence-corrected chi connectivity index (χ3v) is 6.70. The minimum Gasteiger partial charge on any atom is -0.479 e. The van der Waals surface area contributed by atoms with E-state index in [4.69, 9.17) is 9.15 Å². The summed E-state index contributed by atoms with van der Waals surface area (Å²) in [6.45, 7) is 6.07. The van der Waals surface area contributed by atoms with Gasteiger partial charge in [-0.1, -0.05) is 13.8 Å². The van der Waals surface area contributed by atoms with Crippen LogP contribution in [0.5, 0.6) is 0 Å². The van der Waals surface area contributed by atoms with Crippen molar-refractivity contribution in [1.29, 1.82) is 0 Å². The molecule has 1 saturated carbocycles. The number of carbonyl (C=O) groups is 2. The molecule has 1 aromatic heterocycles. The van der Waals surface area contributed by atoms with Gasteiger partial charge < -0.3 is 19.6 Å². The maximum absolute atomic E-state index is 12.8. The van der Waals surface area contributed by atoms with Gasteiger partial charge in [0.2, 0.25) is 5.91 Å². The van der Waals surface area contributed by atoms with Gasteiger partial charge in [0, 0.05) is 29.4 Å². The fourth-order valence-electron chi connectivity index (χ4n) is 4.78. The molecule has 2 aliphatic carbocycles. The van der Waals surface area contributed by atoms with Crippen LogP contribution in [0.1, 0.15) is 50.3 Å². The Hall–Kier alpha value is -2.34. The van der Waals surface area contributed by atoms with Crippen LogP contribution in [0.25, 0.3) is 11.0 Å². The molecular weight excluding hydrogens is 358 g/mol. The Balaban J connectivity index is 1.54. The number of carbonyl (C=O) groups excluding carboxylic acids is 1. The van der Waals surface area contributed by atoms with E-state index in [9.17, 15) is 14.7 Å². The first-order valence-electron chi connectivity index (χ1n) is 9.96. The number of nitrogens with one attached hydrogen (secondary N) is 1. The number of furan rings is 1. The van der Waals surface area contributed by atoms with Crippen LogP contribution in [0.3, 0.4) is 0 Å². The second kappa shape index (κ2) is 6.62. The Kier molecular flexibility index (Phi) is 4.49. The van der Waals surface area contributed by atoms with Gasteiger partial charge in [0.05, 0.1) is 18.8 Å². The number of carboxylic acids is 1. The molecule has 6 heteroatoms. The molecule has 1 heterocycles. The molecule has 150 valence electrons. The monoisotopic (exact) mass is 385 g/mol. The molecule has 2 aromatic rings. The lowest BCUT2D eigenvalue weighted by Gasteiger charge is -2.58. The maximum atomic E-state index is 12.8. The van der Waals surface area contributed by atoms with Crippen LogP contribution in [0, 0.1) is 5.41 Å². The van der Waals surface area contributed by atoms with Crippen molar-refractivity contribution >= 4 is 22.8 Å². The first-order chi connectivity index (χ1) is 13.3. The molecule has 2 atom stereocenters. The molecule has 0 spiro atoms. The Labute approximate surface area is 164 Å². The molecule has 0 radical (unpaired) electrons. The van der Waals surface area contributed by atoms with E-state index in [1.165, 1.54) is 11.1 Å². The minimum absolute atomic E-state index is 0.0935. The average Bonchev–Trinajstić information content (AvgIpc) is 3.25. The van der Waals surface area contributed by atoms with Crippen LogP contribution in [-0.4, -0.2) is 35.2 Å². The van der Waals surface area contributed by atoms with Crippen LogP contribution >= 0.6 is 0 Å². The number of aryl methyl sites for hydroxylation is 2. The van der Waals surface area contributed by atoms with E-state index < -0.39 is 16.9 Å². The van der Waals surface area contributed by atoms with Crippen molar-refractivity contribution < 1.29 is 23.8 Å². The van der Waals surface area contributed by atoms with E-state index in [1.807, 2.05) is 20.8 Å². The van der Waals surface area contributed by atoms with Crippen LogP contribution in [-0.2, 0) is 33.6 Å². The Morgan fingerprint density at radius 1 is 1.29 bits per heavy atom. The normalized spacial score (nSPS) is 25.3. The van der Waals surface area contributed by atoms with Crippen molar-refractivity contribution in [2.24, 2.45) is 5.41 Å². The molecule has 4 rings (SSSR count). The van der Waals surface area contributed by atoms with Gasteiger partial charge in [-0.2, -0.15) is 0 Å². The fraction of sp³-hybridized carbons (Fsp3) is 0.545. The molecule has 1 amide bonds. The summed E-state index contributed by atoms with van der Waals surface area (Å²) in [5, 5.41) is 13.6. The van der Waals surface area contributed by atoms with Gasteiger partial charge in [-0.25, -0.2) is 4.79 Å². The van der Waals surface area contributed by atoms with Gasteiger partial charge in [0.25, 0.3) is 0 Å². The zero-order valence-corrected chi connectivity index (χ0v) is 16.6. The summed E-state index contributed by atoms with van der Waals surface area (Å²) in [7, 11) is 0. The summed E-state index contributed by atoms with van der Waals surface area (Å²) >= 11 is 0. The van der Waals surface area contributed by atoms with Gasteiger partial charge in [-0.15, -0.1) is 0 Å². The summed E-state index contributed by atoms with van der Waals surface area (Å²) in [4.78, 5) is 24.9. The Morgan fingerprint density at radius 2 is 2.00 bits per heavy atom. The van der Waals surface area contributed by atoms with E-state index in [2.05, 4.69) is 17.4 Å². The molecule has 0 bridgehead atoms. The third-order valence-electron chi connectivity index (χ3n) is 6.70. The van der Waals surface area contributed by atoms with Crippen LogP contribution in [0.2, 0.25) is 0 Å². The standard InChI is InChI=1S/C22H27NO5/c1-4-27-18-11-22(20(25)26,21(18,2)3)23-19(24)10-15-12-28-17-9-14-7-5-6-13(14)8-16(15)17/h8-9,12,18H,4-7,10-11H2,1-3H3,(H,23,24)(H,25,26). The van der Waals surface area contributed by atoms with E-state index in [1.54, 1.807) is 6.26 Å². The van der Waals surface area contributed by atoms with Gasteiger partial charge in [0.15, 0.2) is 0 Å². The Bertz CT molecular complexity index is 944. The summed E-state index contributed by atoms with van der Waals surface area (Å²) in [6.07, 6.45) is 5.06. The second-order valence-electron chi connectivity index (χ2n) is 8.54. The van der Waals surface area contributed by atoms with Crippen molar-refractivity contribution in [3.63, 3.8) is 0 Å². The lowest BCUT2D eigenvalue weighted by molar-refractivity contribution is -0.194. The van der Waals surface area contributed by atoms with Gasteiger partial charge >= 0.3 is 5.97 Å². The lowest BCUT2D eigenvalue weighted by Crippen LogP contribution is -2.76. The SMILES string of the molecule is CCOC1CC(NC(=O)Cc2coc3cc4c(cc23)CCC4)(C(=O)O)C1(C)C. The number of hydrogen-bond donors (Lipinski definition) is 2. The number of benzene rings is 1. The topological polar surface area (TPSA) is 88.8 Å². The molecule has 2 N–H and O–H groups in total. The molecule has 2 unspecified atom stereocenters. The molecule has 1 aromatic carbocycles. The fourth-order valence-corrected chi connectivity index (χ4v) is 4.78. The number of hydrogen-bond acceptors (Lipinski definition) is 4. The minimum atomic E-state index is -1.31. The molecular formula is C22H27NO5. The van der Waals surface area contributed by atoms with Crippen molar-refractivity contribution in [3.05, 3.63) is 35.1 Å². The molecule has 1 fully saturated rings. The van der Waals surface area contributed by atoms with Crippen LogP contribution in [0.4, 0.5) is 0 Å². The largest absolute Gasteiger partial charge is 0.479 e. The first-order valence-corrected chi connectivity index (χ1v) is 9.96. The average molecular weight is 385 g/mol. The van der Waals surface area contributed by atoms with Crippen LogP contribution < -0.4 is 5.32 Å². The molecule has 2 aliphatic rings. The van der Waals surface area contributed by atoms with Crippen molar-refractivity contribution in [1.82, 2.24) is 5.32 Å². The zero-order valence-electron chi connectivity index (χ0n) is 16.6. The Morgan fingerprint density at radius 3 is 2.64 bits per heavy atom. The lowest BCUT2D eigenvalue weighted by atomic mass is 9.54. The molecule has 0 aliphatic heterocycles. The summed E-state index contributed by atoms with van der Waals surface area (Å²) in [5.74, 6) is -1.33. The molecule has 28 heavy (non-hydrogen) atoms. The molecule has 6 nitrogen and oxygen atoms in total. The van der Waals surface area contributed by atoms with Crippen molar-refractivity contribution in [3.8, 4) is 0 Å². The summed E-state index contributed by atoms with van der Waals surface area (Å²) in [6, 6.07) is 4.19. The highest BCUT2D eigenvalue weighted by atomic mass is 16.5. The zero-order chi connectivity index (χ0) is 20.1. The highest BCUT2D eigenvalue weighted by Gasteiger charge is 2.66. The summed E-state index contributed by atoms with van der Waals surface area (Å²) < 4.78 is 11.3. The number of ether oxygens (including phenoxy) is 1. The quantitative estimate of drug-likeness (QED) is 0.797. The highest BCUT2D eigenvalue weighted by Crippen LogP contribution is 2.51. The van der Waals surface area contributed by atoms with Gasteiger partial charge in [-0.3, -0.25) is 4.79 Å². The van der Waals surface area contributed by atoms with Crippen molar-refractivity contribution in [2.45, 2.75) is 64.5 Å². The smallest absolute Gasteiger partial charge is 0.330 e. The predicted molar refractivity (Wildman–Crippen MR) is 104 cm³/mol. The maximum Gasteiger partial charge on any atom is 0.330 e. The number of amides is 1. The van der Waals surface area contributed by atoms with Gasteiger partial charge in [-0.05, 0) is 49.4 Å². The van der Waals surface area contributed by atoms with E-state index in [0.717, 1.165) is 35.8 Å². The van der Waals surface area contributed by atoms with Gasteiger partial charge in [0.1, 0.15) is 11.1 Å².